The third kappa shape index (κ3) is 3.30. The van der Waals surface area contributed by atoms with E-state index in [1.54, 1.807) is 0 Å². The maximum Gasteiger partial charge on any atom is 0.229 e. The fraction of sp³-hybridized carbons (Fsp3) is 0.818. The Balaban J connectivity index is 2.62. The van der Waals surface area contributed by atoms with Crippen LogP contribution in [0.3, 0.4) is 0 Å². The van der Waals surface area contributed by atoms with Crippen LogP contribution in [0, 0.1) is 0 Å². The first-order valence-corrected chi connectivity index (χ1v) is 5.70. The van der Waals surface area contributed by atoms with Gasteiger partial charge in [0, 0.05) is 5.92 Å². The number of hydrogen-bond donors (Lipinski definition) is 1. The van der Waals surface area contributed by atoms with Crippen LogP contribution in [-0.4, -0.2) is 15.2 Å². The Labute approximate surface area is 90.7 Å². The third-order valence-corrected chi connectivity index (χ3v) is 2.46. The minimum atomic E-state index is -0.582. The van der Waals surface area contributed by atoms with E-state index in [0.717, 1.165) is 19.3 Å². The molecular weight excluding hydrogens is 192 g/mol. The van der Waals surface area contributed by atoms with Crippen LogP contribution < -0.4 is 0 Å². The molecule has 86 valence electrons. The Morgan fingerprint density at radius 1 is 1.27 bits per heavy atom. The van der Waals surface area contributed by atoms with E-state index in [-0.39, 0.29) is 5.92 Å². The molecule has 2 atom stereocenters. The minimum Gasteiger partial charge on any atom is -0.385 e. The second-order valence-electron chi connectivity index (χ2n) is 3.99. The molecule has 0 amide bonds. The zero-order chi connectivity index (χ0) is 11.3. The third-order valence-electron chi connectivity index (χ3n) is 2.46. The Kier molecular flexibility index (Phi) is 4.75. The SMILES string of the molecule is CCCC(C)c1nc(C(O)CCC)no1. The van der Waals surface area contributed by atoms with Crippen molar-refractivity contribution < 1.29 is 9.63 Å². The highest BCUT2D eigenvalue weighted by Gasteiger charge is 2.17. The molecule has 1 rings (SSSR count). The van der Waals surface area contributed by atoms with Gasteiger partial charge in [-0.1, -0.05) is 38.8 Å². The molecule has 1 N–H and O–H groups in total. The van der Waals surface area contributed by atoms with Crippen LogP contribution in [0.2, 0.25) is 0 Å². The zero-order valence-corrected chi connectivity index (χ0v) is 9.73. The van der Waals surface area contributed by atoms with Crippen molar-refractivity contribution in [3.05, 3.63) is 11.7 Å². The van der Waals surface area contributed by atoms with Gasteiger partial charge in [-0.25, -0.2) is 0 Å². The van der Waals surface area contributed by atoms with Crippen molar-refractivity contribution in [2.45, 2.75) is 58.5 Å². The molecule has 0 aliphatic heterocycles. The van der Waals surface area contributed by atoms with Crippen molar-refractivity contribution in [1.29, 1.82) is 0 Å². The van der Waals surface area contributed by atoms with Gasteiger partial charge in [-0.15, -0.1) is 0 Å². The molecule has 2 unspecified atom stereocenters. The first-order chi connectivity index (χ1) is 7.19. The summed E-state index contributed by atoms with van der Waals surface area (Å²) in [4.78, 5) is 4.22. The van der Waals surface area contributed by atoms with Crippen LogP contribution in [0.5, 0.6) is 0 Å². The number of nitrogens with zero attached hydrogens (tertiary/aromatic N) is 2. The predicted octanol–water partition coefficient (Wildman–Crippen LogP) is 2.81. The van der Waals surface area contributed by atoms with E-state index in [0.29, 0.717) is 18.1 Å². The molecule has 0 radical (unpaired) electrons. The number of hydrogen-bond acceptors (Lipinski definition) is 4. The molecule has 0 spiro atoms. The molecule has 0 bridgehead atoms. The van der Waals surface area contributed by atoms with Crippen molar-refractivity contribution in [3.63, 3.8) is 0 Å². The monoisotopic (exact) mass is 212 g/mol. The number of aromatic nitrogens is 2. The maximum atomic E-state index is 9.66. The van der Waals surface area contributed by atoms with Crippen molar-refractivity contribution in [2.24, 2.45) is 0 Å². The molecule has 0 aromatic carbocycles. The maximum absolute atomic E-state index is 9.66. The lowest BCUT2D eigenvalue weighted by Gasteiger charge is -2.03. The highest BCUT2D eigenvalue weighted by molar-refractivity contribution is 4.94. The van der Waals surface area contributed by atoms with Gasteiger partial charge in [0.15, 0.2) is 5.82 Å². The lowest BCUT2D eigenvalue weighted by Crippen LogP contribution is -2.00. The summed E-state index contributed by atoms with van der Waals surface area (Å²) in [5, 5.41) is 13.5. The van der Waals surface area contributed by atoms with Gasteiger partial charge in [0.2, 0.25) is 5.89 Å². The predicted molar refractivity (Wildman–Crippen MR) is 57.5 cm³/mol. The normalized spacial score (nSPS) is 15.2. The first-order valence-electron chi connectivity index (χ1n) is 5.70. The van der Waals surface area contributed by atoms with Crippen LogP contribution in [0.25, 0.3) is 0 Å². The van der Waals surface area contributed by atoms with Gasteiger partial charge in [0.25, 0.3) is 0 Å². The van der Waals surface area contributed by atoms with Gasteiger partial charge in [-0.2, -0.15) is 4.98 Å². The van der Waals surface area contributed by atoms with Gasteiger partial charge < -0.3 is 9.63 Å². The van der Waals surface area contributed by atoms with Gasteiger partial charge in [-0.05, 0) is 12.8 Å². The summed E-state index contributed by atoms with van der Waals surface area (Å²) in [6.45, 7) is 6.20. The Bertz CT molecular complexity index is 259. The Morgan fingerprint density at radius 3 is 2.53 bits per heavy atom. The summed E-state index contributed by atoms with van der Waals surface area (Å²) < 4.78 is 5.13. The molecule has 4 heteroatoms. The molecule has 0 aliphatic rings. The summed E-state index contributed by atoms with van der Waals surface area (Å²) in [6.07, 6.45) is 3.14. The molecule has 0 saturated carbocycles. The van der Waals surface area contributed by atoms with Gasteiger partial charge in [0.1, 0.15) is 6.10 Å². The molecule has 15 heavy (non-hydrogen) atoms. The summed E-state index contributed by atoms with van der Waals surface area (Å²) in [6, 6.07) is 0. The number of aliphatic hydroxyl groups excluding tert-OH is 1. The summed E-state index contributed by atoms with van der Waals surface area (Å²) in [5.41, 5.74) is 0. The van der Waals surface area contributed by atoms with Crippen LogP contribution >= 0.6 is 0 Å². The molecule has 1 aromatic rings. The van der Waals surface area contributed by atoms with Crippen molar-refractivity contribution in [2.75, 3.05) is 0 Å². The minimum absolute atomic E-state index is 0.282. The quantitative estimate of drug-likeness (QED) is 0.787. The second kappa shape index (κ2) is 5.85. The van der Waals surface area contributed by atoms with E-state index in [9.17, 15) is 5.11 Å². The highest BCUT2D eigenvalue weighted by Crippen LogP contribution is 2.21. The second-order valence-corrected chi connectivity index (χ2v) is 3.99. The number of aliphatic hydroxyl groups is 1. The Hall–Kier alpha value is -0.900. The lowest BCUT2D eigenvalue weighted by molar-refractivity contribution is 0.152. The van der Waals surface area contributed by atoms with E-state index in [4.69, 9.17) is 4.52 Å². The van der Waals surface area contributed by atoms with E-state index >= 15 is 0 Å². The summed E-state index contributed by atoms with van der Waals surface area (Å²) in [5.74, 6) is 1.35. The summed E-state index contributed by atoms with van der Waals surface area (Å²) >= 11 is 0. The lowest BCUT2D eigenvalue weighted by atomic mass is 10.1. The molecule has 1 aromatic heterocycles. The van der Waals surface area contributed by atoms with Crippen molar-refractivity contribution >= 4 is 0 Å². The Morgan fingerprint density at radius 2 is 1.93 bits per heavy atom. The topological polar surface area (TPSA) is 59.2 Å². The fourth-order valence-electron chi connectivity index (χ4n) is 1.54. The van der Waals surface area contributed by atoms with Gasteiger partial charge in [0.05, 0.1) is 0 Å². The molecule has 1 heterocycles. The molecule has 4 nitrogen and oxygen atoms in total. The van der Waals surface area contributed by atoms with Crippen molar-refractivity contribution in [1.82, 2.24) is 10.1 Å². The van der Waals surface area contributed by atoms with Crippen LogP contribution in [0.15, 0.2) is 4.52 Å². The molecular formula is C11H20N2O2. The molecule has 0 fully saturated rings. The van der Waals surface area contributed by atoms with E-state index < -0.39 is 6.10 Å². The van der Waals surface area contributed by atoms with E-state index in [2.05, 4.69) is 24.0 Å². The fourth-order valence-corrected chi connectivity index (χ4v) is 1.54. The largest absolute Gasteiger partial charge is 0.385 e. The zero-order valence-electron chi connectivity index (χ0n) is 9.73. The average Bonchev–Trinajstić information content (AvgIpc) is 2.67. The standard InChI is InChI=1S/C11H20N2O2/c1-4-6-8(3)11-12-10(13-15-11)9(14)7-5-2/h8-9,14H,4-7H2,1-3H3. The van der Waals surface area contributed by atoms with Crippen LogP contribution in [0.4, 0.5) is 0 Å². The smallest absolute Gasteiger partial charge is 0.229 e. The number of rotatable bonds is 6. The van der Waals surface area contributed by atoms with E-state index in [1.165, 1.54) is 0 Å². The molecule has 0 saturated heterocycles. The van der Waals surface area contributed by atoms with Gasteiger partial charge >= 0.3 is 0 Å². The summed E-state index contributed by atoms with van der Waals surface area (Å²) in [7, 11) is 0. The van der Waals surface area contributed by atoms with E-state index in [1.807, 2.05) is 6.92 Å². The highest BCUT2D eigenvalue weighted by atomic mass is 16.5. The van der Waals surface area contributed by atoms with Crippen molar-refractivity contribution in [3.8, 4) is 0 Å². The van der Waals surface area contributed by atoms with Crippen LogP contribution in [-0.2, 0) is 0 Å². The first kappa shape index (κ1) is 12.2. The van der Waals surface area contributed by atoms with Gasteiger partial charge in [-0.3, -0.25) is 0 Å². The molecule has 0 aliphatic carbocycles. The van der Waals surface area contributed by atoms with Crippen LogP contribution in [0.1, 0.15) is 70.2 Å². The average molecular weight is 212 g/mol.